The minimum atomic E-state index is -0.799. The van der Waals surface area contributed by atoms with Crippen molar-refractivity contribution >= 4 is 17.8 Å². The molecule has 0 aromatic heterocycles. The highest BCUT2D eigenvalue weighted by molar-refractivity contribution is 5.95. The number of hydrogen-bond donors (Lipinski definition) is 1. The highest BCUT2D eigenvalue weighted by Gasteiger charge is 2.30. The van der Waals surface area contributed by atoms with Gasteiger partial charge in [-0.15, -0.1) is 0 Å². The summed E-state index contributed by atoms with van der Waals surface area (Å²) >= 11 is 0. The van der Waals surface area contributed by atoms with Crippen LogP contribution < -0.4 is 5.32 Å². The van der Waals surface area contributed by atoms with Gasteiger partial charge in [-0.3, -0.25) is 9.59 Å². The molecule has 1 unspecified atom stereocenters. The summed E-state index contributed by atoms with van der Waals surface area (Å²) in [5, 5.41) is 2.78. The first-order valence-corrected chi connectivity index (χ1v) is 8.49. The molecule has 3 rings (SSSR count). The molecule has 1 fully saturated rings. The number of hydrogen-bond acceptors (Lipinski definition) is 4. The number of fused-ring (bicyclic) bond motifs is 1. The van der Waals surface area contributed by atoms with Gasteiger partial charge < -0.3 is 15.0 Å². The molecule has 0 radical (unpaired) electrons. The second-order valence-electron chi connectivity index (χ2n) is 6.24. The van der Waals surface area contributed by atoms with Crippen molar-refractivity contribution in [2.75, 3.05) is 19.6 Å². The van der Waals surface area contributed by atoms with E-state index in [1.807, 2.05) is 12.1 Å². The molecule has 2 heterocycles. The maximum absolute atomic E-state index is 12.3. The first-order chi connectivity index (χ1) is 11.6. The van der Waals surface area contributed by atoms with Gasteiger partial charge in [0.25, 0.3) is 5.91 Å². The summed E-state index contributed by atoms with van der Waals surface area (Å²) in [6, 6.07) is 7.17. The molecule has 1 atom stereocenters. The van der Waals surface area contributed by atoms with Gasteiger partial charge in [-0.2, -0.15) is 0 Å². The van der Waals surface area contributed by atoms with Crippen LogP contribution in [0.2, 0.25) is 0 Å². The molecule has 1 aromatic carbocycles. The molecule has 6 nitrogen and oxygen atoms in total. The standard InChI is InChI=1S/C18H22N2O4/c21-16-8-2-1-5-10-20(16)11-9-19-17(22)15-12-13-6-3-4-7-14(13)18(23)24-15/h3-4,6-7,15H,1-2,5,8-12H2,(H,19,22). The van der Waals surface area contributed by atoms with E-state index in [1.54, 1.807) is 17.0 Å². The molecule has 1 N–H and O–H groups in total. The van der Waals surface area contributed by atoms with Crippen molar-refractivity contribution in [3.05, 3.63) is 35.4 Å². The fourth-order valence-corrected chi connectivity index (χ4v) is 3.18. The maximum atomic E-state index is 12.3. The largest absolute Gasteiger partial charge is 0.448 e. The van der Waals surface area contributed by atoms with Gasteiger partial charge in [0.2, 0.25) is 5.91 Å². The number of rotatable bonds is 4. The summed E-state index contributed by atoms with van der Waals surface area (Å²) < 4.78 is 5.23. The molecule has 6 heteroatoms. The molecule has 0 saturated carbocycles. The van der Waals surface area contributed by atoms with Crippen LogP contribution in [0.3, 0.4) is 0 Å². The zero-order chi connectivity index (χ0) is 16.9. The van der Waals surface area contributed by atoms with Gasteiger partial charge in [-0.05, 0) is 24.5 Å². The predicted molar refractivity (Wildman–Crippen MR) is 87.4 cm³/mol. The van der Waals surface area contributed by atoms with Gasteiger partial charge in [0.1, 0.15) is 0 Å². The van der Waals surface area contributed by atoms with E-state index in [0.29, 0.717) is 31.5 Å². The number of likely N-dealkylation sites (tertiary alicyclic amines) is 1. The van der Waals surface area contributed by atoms with Crippen LogP contribution in [0.25, 0.3) is 0 Å². The van der Waals surface area contributed by atoms with E-state index in [-0.39, 0.29) is 11.8 Å². The average Bonchev–Trinajstić information content (AvgIpc) is 2.79. The lowest BCUT2D eigenvalue weighted by Gasteiger charge is -2.25. The van der Waals surface area contributed by atoms with Crippen LogP contribution in [0, 0.1) is 0 Å². The third-order valence-electron chi connectivity index (χ3n) is 4.54. The molecule has 0 aliphatic carbocycles. The van der Waals surface area contributed by atoms with Crippen molar-refractivity contribution in [1.82, 2.24) is 10.2 Å². The third kappa shape index (κ3) is 3.75. The number of esters is 1. The Morgan fingerprint density at radius 3 is 2.92 bits per heavy atom. The molecule has 0 bridgehead atoms. The molecule has 1 saturated heterocycles. The van der Waals surface area contributed by atoms with E-state index < -0.39 is 12.1 Å². The number of carbonyl (C=O) groups excluding carboxylic acids is 3. The number of nitrogens with zero attached hydrogens (tertiary/aromatic N) is 1. The monoisotopic (exact) mass is 330 g/mol. The van der Waals surface area contributed by atoms with Crippen LogP contribution in [-0.4, -0.2) is 48.4 Å². The number of amides is 2. The Bertz CT molecular complexity index is 644. The Balaban J connectivity index is 1.51. The van der Waals surface area contributed by atoms with E-state index in [2.05, 4.69) is 5.32 Å². The topological polar surface area (TPSA) is 75.7 Å². The second-order valence-corrected chi connectivity index (χ2v) is 6.24. The van der Waals surface area contributed by atoms with Gasteiger partial charge in [0.15, 0.2) is 6.10 Å². The summed E-state index contributed by atoms with van der Waals surface area (Å²) in [5.41, 5.74) is 1.35. The molecule has 2 amide bonds. The van der Waals surface area contributed by atoms with Gasteiger partial charge in [0, 0.05) is 32.5 Å². The maximum Gasteiger partial charge on any atom is 0.339 e. The van der Waals surface area contributed by atoms with Crippen molar-refractivity contribution in [3.63, 3.8) is 0 Å². The number of benzene rings is 1. The lowest BCUT2D eigenvalue weighted by molar-refractivity contribution is -0.133. The van der Waals surface area contributed by atoms with Gasteiger partial charge in [-0.1, -0.05) is 24.6 Å². The van der Waals surface area contributed by atoms with E-state index in [9.17, 15) is 14.4 Å². The summed E-state index contributed by atoms with van der Waals surface area (Å²) in [5.74, 6) is -0.611. The Hall–Kier alpha value is -2.37. The lowest BCUT2D eigenvalue weighted by Crippen LogP contribution is -2.45. The van der Waals surface area contributed by atoms with Gasteiger partial charge in [-0.25, -0.2) is 4.79 Å². The molecule has 0 spiro atoms. The quantitative estimate of drug-likeness (QED) is 0.844. The number of ether oxygens (including phenoxy) is 1. The lowest BCUT2D eigenvalue weighted by atomic mass is 9.98. The first kappa shape index (κ1) is 16.5. The molecule has 1 aromatic rings. The SMILES string of the molecule is O=C1OC(C(=O)NCCN2CCCCCC2=O)Cc2ccccc21. The second kappa shape index (κ2) is 7.47. The predicted octanol–water partition coefficient (Wildman–Crippen LogP) is 1.29. The number of nitrogens with one attached hydrogen (secondary N) is 1. The van der Waals surface area contributed by atoms with Crippen LogP contribution in [0.5, 0.6) is 0 Å². The fraction of sp³-hybridized carbons (Fsp3) is 0.500. The van der Waals surface area contributed by atoms with E-state index in [0.717, 1.165) is 31.4 Å². The Labute approximate surface area is 141 Å². The Morgan fingerprint density at radius 1 is 1.21 bits per heavy atom. The van der Waals surface area contributed by atoms with Crippen LogP contribution in [0.1, 0.15) is 41.6 Å². The van der Waals surface area contributed by atoms with Crippen LogP contribution >= 0.6 is 0 Å². The average molecular weight is 330 g/mol. The highest BCUT2D eigenvalue weighted by Crippen LogP contribution is 2.20. The van der Waals surface area contributed by atoms with Gasteiger partial charge >= 0.3 is 5.97 Å². The van der Waals surface area contributed by atoms with Crippen molar-refractivity contribution in [3.8, 4) is 0 Å². The molecule has 24 heavy (non-hydrogen) atoms. The van der Waals surface area contributed by atoms with Crippen molar-refractivity contribution < 1.29 is 19.1 Å². The highest BCUT2D eigenvalue weighted by atomic mass is 16.5. The Kier molecular flexibility index (Phi) is 5.13. The van der Waals surface area contributed by atoms with Crippen LogP contribution in [0.4, 0.5) is 0 Å². The van der Waals surface area contributed by atoms with E-state index >= 15 is 0 Å². The van der Waals surface area contributed by atoms with Crippen molar-refractivity contribution in [2.24, 2.45) is 0 Å². The smallest absolute Gasteiger partial charge is 0.339 e. The minimum Gasteiger partial charge on any atom is -0.448 e. The summed E-state index contributed by atoms with van der Waals surface area (Å²) in [4.78, 5) is 37.9. The molecule has 2 aliphatic rings. The van der Waals surface area contributed by atoms with E-state index in [4.69, 9.17) is 4.74 Å². The van der Waals surface area contributed by atoms with Crippen LogP contribution in [-0.2, 0) is 20.7 Å². The zero-order valence-electron chi connectivity index (χ0n) is 13.6. The van der Waals surface area contributed by atoms with Gasteiger partial charge in [0.05, 0.1) is 5.56 Å². The Morgan fingerprint density at radius 2 is 2.04 bits per heavy atom. The summed E-state index contributed by atoms with van der Waals surface area (Å²) in [6.45, 7) is 1.63. The van der Waals surface area contributed by atoms with Crippen molar-refractivity contribution in [2.45, 2.75) is 38.2 Å². The number of cyclic esters (lactones) is 1. The summed E-state index contributed by atoms with van der Waals surface area (Å²) in [7, 11) is 0. The summed E-state index contributed by atoms with van der Waals surface area (Å²) in [6.07, 6.45) is 3.20. The molecular formula is C18H22N2O4. The molecular weight excluding hydrogens is 308 g/mol. The molecule has 2 aliphatic heterocycles. The van der Waals surface area contributed by atoms with Crippen LogP contribution in [0.15, 0.2) is 24.3 Å². The normalized spacial score (nSPS) is 20.8. The number of carbonyl (C=O) groups is 3. The van der Waals surface area contributed by atoms with E-state index in [1.165, 1.54) is 0 Å². The minimum absolute atomic E-state index is 0.153. The zero-order valence-corrected chi connectivity index (χ0v) is 13.6. The third-order valence-corrected chi connectivity index (χ3v) is 4.54. The molecule has 128 valence electrons. The fourth-order valence-electron chi connectivity index (χ4n) is 3.18. The first-order valence-electron chi connectivity index (χ1n) is 8.49. The van der Waals surface area contributed by atoms with Crippen molar-refractivity contribution in [1.29, 1.82) is 0 Å².